The van der Waals surface area contributed by atoms with E-state index in [-0.39, 0.29) is 0 Å². The summed E-state index contributed by atoms with van der Waals surface area (Å²) in [7, 11) is 6.51. The summed E-state index contributed by atoms with van der Waals surface area (Å²) in [5.74, 6) is 2.51. The van der Waals surface area contributed by atoms with Gasteiger partial charge in [0, 0.05) is 26.3 Å². The molecular weight excluding hydrogens is 368 g/mol. The molecule has 146 valence electrons. The molecule has 27 heavy (non-hydrogen) atoms. The van der Waals surface area contributed by atoms with E-state index in [0.717, 1.165) is 24.1 Å². The first-order chi connectivity index (χ1) is 13.1. The van der Waals surface area contributed by atoms with Crippen LogP contribution in [0, 0.1) is 0 Å². The number of nitrogens with one attached hydrogen (secondary N) is 2. The van der Waals surface area contributed by atoms with Crippen molar-refractivity contribution < 1.29 is 14.2 Å². The highest BCUT2D eigenvalue weighted by Gasteiger charge is 2.13. The van der Waals surface area contributed by atoms with Gasteiger partial charge in [-0.2, -0.15) is 0 Å². The van der Waals surface area contributed by atoms with Crippen LogP contribution in [0.1, 0.15) is 11.1 Å². The number of nitrogens with zero attached hydrogens (tertiary/aromatic N) is 2. The zero-order valence-electron chi connectivity index (χ0n) is 16.0. The number of hydrogen-bond acceptors (Lipinski definition) is 5. The largest absolute Gasteiger partial charge is 0.493 e. The van der Waals surface area contributed by atoms with Crippen LogP contribution in [0.15, 0.2) is 35.5 Å². The van der Waals surface area contributed by atoms with E-state index in [2.05, 4.69) is 20.6 Å². The van der Waals surface area contributed by atoms with Gasteiger partial charge in [0.15, 0.2) is 17.5 Å². The standard InChI is InChI=1S/C19H25ClN4O3/c1-21-19(22-8-7-13-5-6-17(20)23-11-13)24-12-14-9-15(25-2)18(27-4)16(10-14)26-3/h5-6,9-11H,7-8,12H2,1-4H3,(H2,21,22,24). The van der Waals surface area contributed by atoms with Crippen LogP contribution in [0.5, 0.6) is 17.2 Å². The van der Waals surface area contributed by atoms with Gasteiger partial charge >= 0.3 is 0 Å². The summed E-state index contributed by atoms with van der Waals surface area (Å²) in [5.41, 5.74) is 2.08. The van der Waals surface area contributed by atoms with Crippen molar-refractivity contribution in [3.05, 3.63) is 46.7 Å². The molecule has 0 bridgehead atoms. The van der Waals surface area contributed by atoms with Crippen LogP contribution < -0.4 is 24.8 Å². The van der Waals surface area contributed by atoms with E-state index < -0.39 is 0 Å². The van der Waals surface area contributed by atoms with E-state index in [1.165, 1.54) is 0 Å². The molecule has 0 saturated carbocycles. The molecule has 0 aliphatic heterocycles. The summed E-state index contributed by atoms with van der Waals surface area (Å²) in [6, 6.07) is 7.56. The summed E-state index contributed by atoms with van der Waals surface area (Å²) < 4.78 is 16.1. The van der Waals surface area contributed by atoms with Crippen molar-refractivity contribution in [1.82, 2.24) is 15.6 Å². The van der Waals surface area contributed by atoms with Gasteiger partial charge in [-0.1, -0.05) is 17.7 Å². The smallest absolute Gasteiger partial charge is 0.203 e. The van der Waals surface area contributed by atoms with Crippen molar-refractivity contribution in [2.45, 2.75) is 13.0 Å². The molecule has 0 amide bonds. The van der Waals surface area contributed by atoms with E-state index >= 15 is 0 Å². The molecule has 0 aliphatic carbocycles. The SMILES string of the molecule is CN=C(NCCc1ccc(Cl)nc1)NCc1cc(OC)c(OC)c(OC)c1. The Balaban J connectivity index is 1.92. The van der Waals surface area contributed by atoms with Gasteiger partial charge in [-0.25, -0.2) is 4.98 Å². The maximum atomic E-state index is 5.80. The second-order valence-electron chi connectivity index (χ2n) is 5.63. The van der Waals surface area contributed by atoms with Gasteiger partial charge in [0.05, 0.1) is 21.3 Å². The Kier molecular flexibility index (Phi) is 8.00. The molecule has 0 atom stereocenters. The Morgan fingerprint density at radius 3 is 2.26 bits per heavy atom. The van der Waals surface area contributed by atoms with E-state index in [0.29, 0.717) is 34.9 Å². The van der Waals surface area contributed by atoms with Crippen molar-refractivity contribution in [2.24, 2.45) is 4.99 Å². The van der Waals surface area contributed by atoms with Crippen molar-refractivity contribution >= 4 is 17.6 Å². The molecule has 0 fully saturated rings. The van der Waals surface area contributed by atoms with Gasteiger partial charge in [-0.3, -0.25) is 4.99 Å². The van der Waals surface area contributed by atoms with Gasteiger partial charge in [-0.05, 0) is 35.7 Å². The molecular formula is C19H25ClN4O3. The first-order valence-corrected chi connectivity index (χ1v) is 8.82. The quantitative estimate of drug-likeness (QED) is 0.408. The van der Waals surface area contributed by atoms with Crippen LogP contribution in [-0.4, -0.2) is 45.9 Å². The average molecular weight is 393 g/mol. The maximum Gasteiger partial charge on any atom is 0.203 e. The third-order valence-corrected chi connectivity index (χ3v) is 4.13. The maximum absolute atomic E-state index is 5.80. The lowest BCUT2D eigenvalue weighted by molar-refractivity contribution is 0.323. The van der Waals surface area contributed by atoms with Crippen LogP contribution in [0.4, 0.5) is 0 Å². The molecule has 0 aliphatic rings. The molecule has 2 rings (SSSR count). The van der Waals surface area contributed by atoms with E-state index in [9.17, 15) is 0 Å². The first kappa shape index (κ1) is 20.6. The monoisotopic (exact) mass is 392 g/mol. The lowest BCUT2D eigenvalue weighted by Gasteiger charge is -2.16. The molecule has 0 spiro atoms. The number of rotatable bonds is 8. The van der Waals surface area contributed by atoms with Crippen LogP contribution in [-0.2, 0) is 13.0 Å². The van der Waals surface area contributed by atoms with Crippen molar-refractivity contribution in [3.8, 4) is 17.2 Å². The van der Waals surface area contributed by atoms with Crippen LogP contribution >= 0.6 is 11.6 Å². The lowest BCUT2D eigenvalue weighted by atomic mass is 10.2. The van der Waals surface area contributed by atoms with Crippen molar-refractivity contribution in [1.29, 1.82) is 0 Å². The van der Waals surface area contributed by atoms with Crippen LogP contribution in [0.3, 0.4) is 0 Å². The number of ether oxygens (including phenoxy) is 3. The van der Waals surface area contributed by atoms with Gasteiger partial charge < -0.3 is 24.8 Å². The van der Waals surface area contributed by atoms with E-state index in [1.54, 1.807) is 40.6 Å². The summed E-state index contributed by atoms with van der Waals surface area (Å²) in [6.45, 7) is 1.27. The predicted octanol–water partition coefficient (Wildman–Crippen LogP) is 2.67. The summed E-state index contributed by atoms with van der Waals surface area (Å²) >= 11 is 5.80. The Morgan fingerprint density at radius 1 is 1.04 bits per heavy atom. The molecule has 1 aromatic carbocycles. The minimum absolute atomic E-state index is 0.495. The zero-order chi connectivity index (χ0) is 19.6. The number of pyridine rings is 1. The Morgan fingerprint density at radius 2 is 1.74 bits per heavy atom. The Hall–Kier alpha value is -2.67. The van der Waals surface area contributed by atoms with Crippen LogP contribution in [0.2, 0.25) is 5.15 Å². The summed E-state index contributed by atoms with van der Waals surface area (Å²) in [6.07, 6.45) is 2.59. The highest BCUT2D eigenvalue weighted by atomic mass is 35.5. The number of guanidine groups is 1. The molecule has 1 aromatic heterocycles. The zero-order valence-corrected chi connectivity index (χ0v) is 16.8. The fourth-order valence-corrected chi connectivity index (χ4v) is 2.64. The third kappa shape index (κ3) is 5.92. The molecule has 2 aromatic rings. The number of methoxy groups -OCH3 is 3. The van der Waals surface area contributed by atoms with Crippen molar-refractivity contribution in [2.75, 3.05) is 34.9 Å². The van der Waals surface area contributed by atoms with Gasteiger partial charge in [0.25, 0.3) is 0 Å². The number of hydrogen-bond donors (Lipinski definition) is 2. The number of benzene rings is 1. The van der Waals surface area contributed by atoms with Gasteiger partial charge in [-0.15, -0.1) is 0 Å². The molecule has 0 unspecified atom stereocenters. The molecule has 0 radical (unpaired) electrons. The van der Waals surface area contributed by atoms with E-state index in [4.69, 9.17) is 25.8 Å². The molecule has 1 heterocycles. The average Bonchev–Trinajstić information content (AvgIpc) is 2.70. The van der Waals surface area contributed by atoms with Crippen LogP contribution in [0.25, 0.3) is 0 Å². The highest BCUT2D eigenvalue weighted by Crippen LogP contribution is 2.38. The second kappa shape index (κ2) is 10.5. The molecule has 2 N–H and O–H groups in total. The molecule has 8 heteroatoms. The summed E-state index contributed by atoms with van der Waals surface area (Å²) in [5, 5.41) is 7.04. The molecule has 0 saturated heterocycles. The number of aliphatic imine (C=N–C) groups is 1. The van der Waals surface area contributed by atoms with Crippen molar-refractivity contribution in [3.63, 3.8) is 0 Å². The van der Waals surface area contributed by atoms with Gasteiger partial charge in [0.1, 0.15) is 5.15 Å². The number of aromatic nitrogens is 1. The topological polar surface area (TPSA) is 77.0 Å². The third-order valence-electron chi connectivity index (χ3n) is 3.90. The van der Waals surface area contributed by atoms with E-state index in [1.807, 2.05) is 18.2 Å². The number of halogens is 1. The Bertz CT molecular complexity index is 741. The fraction of sp³-hybridized carbons (Fsp3) is 0.368. The second-order valence-corrected chi connectivity index (χ2v) is 6.01. The van der Waals surface area contributed by atoms with Gasteiger partial charge in [0.2, 0.25) is 5.75 Å². The lowest BCUT2D eigenvalue weighted by Crippen LogP contribution is -2.37. The first-order valence-electron chi connectivity index (χ1n) is 8.45. The Labute approximate surface area is 164 Å². The fourth-order valence-electron chi connectivity index (χ4n) is 2.52. The highest BCUT2D eigenvalue weighted by molar-refractivity contribution is 6.29. The minimum Gasteiger partial charge on any atom is -0.493 e. The molecule has 7 nitrogen and oxygen atoms in total. The minimum atomic E-state index is 0.495. The summed E-state index contributed by atoms with van der Waals surface area (Å²) in [4.78, 5) is 8.32. The normalized spacial score (nSPS) is 11.1. The predicted molar refractivity (Wildman–Crippen MR) is 107 cm³/mol.